The van der Waals surface area contributed by atoms with Gasteiger partial charge in [-0.05, 0) is 51.4 Å². The second-order valence-electron chi connectivity index (χ2n) is 9.95. The molecule has 0 spiro atoms. The minimum atomic E-state index is -1.47. The molecule has 1 amide bonds. The first kappa shape index (κ1) is 34.2. The molecule has 9 heteroatoms. The van der Waals surface area contributed by atoms with Crippen LogP contribution >= 0.6 is 0 Å². The third kappa shape index (κ3) is 16.7. The van der Waals surface area contributed by atoms with Crippen molar-refractivity contribution in [3.05, 3.63) is 35.8 Å². The van der Waals surface area contributed by atoms with E-state index in [2.05, 4.69) is 41.3 Å². The van der Waals surface area contributed by atoms with Crippen molar-refractivity contribution in [3.8, 4) is 0 Å². The molecular formula is C30H49NO8. The summed E-state index contributed by atoms with van der Waals surface area (Å²) < 4.78 is 9.53. The topological polar surface area (TPSA) is 142 Å². The van der Waals surface area contributed by atoms with Crippen molar-refractivity contribution in [2.45, 2.75) is 122 Å². The lowest BCUT2D eigenvalue weighted by Gasteiger charge is -2.17. The summed E-state index contributed by atoms with van der Waals surface area (Å²) in [5, 5.41) is 31.5. The molecule has 2 atom stereocenters. The van der Waals surface area contributed by atoms with Crippen molar-refractivity contribution in [2.24, 2.45) is 0 Å². The van der Waals surface area contributed by atoms with Gasteiger partial charge in [0.15, 0.2) is 11.9 Å². The molecule has 2 unspecified atom stereocenters. The van der Waals surface area contributed by atoms with Gasteiger partial charge in [0.05, 0.1) is 0 Å². The molecule has 0 radical (unpaired) electrons. The van der Waals surface area contributed by atoms with Gasteiger partial charge >= 0.3 is 11.9 Å². The van der Waals surface area contributed by atoms with E-state index in [4.69, 9.17) is 4.74 Å². The number of cyclic esters (lactones) is 1. The number of esters is 2. The molecule has 1 aliphatic rings. The predicted molar refractivity (Wildman–Crippen MR) is 150 cm³/mol. The lowest BCUT2D eigenvalue weighted by molar-refractivity contribution is -0.154. The van der Waals surface area contributed by atoms with Crippen LogP contribution in [0.2, 0.25) is 0 Å². The van der Waals surface area contributed by atoms with Crippen molar-refractivity contribution in [3.63, 3.8) is 0 Å². The first-order valence-corrected chi connectivity index (χ1v) is 14.6. The number of nitrogens with one attached hydrogen (secondary N) is 1. The molecule has 9 nitrogen and oxygen atoms in total. The third-order valence-corrected chi connectivity index (χ3v) is 6.44. The molecule has 39 heavy (non-hydrogen) atoms. The average Bonchev–Trinajstić information content (AvgIpc) is 3.18. The third-order valence-electron chi connectivity index (χ3n) is 6.44. The van der Waals surface area contributed by atoms with E-state index in [9.17, 15) is 29.7 Å². The summed E-state index contributed by atoms with van der Waals surface area (Å²) in [7, 11) is 0. The minimum absolute atomic E-state index is 0.0602. The van der Waals surface area contributed by atoms with E-state index in [0.29, 0.717) is 19.4 Å². The van der Waals surface area contributed by atoms with E-state index in [-0.39, 0.29) is 12.3 Å². The number of carbonyl (C=O) groups excluding carboxylic acids is 3. The van der Waals surface area contributed by atoms with Crippen LogP contribution in [0.3, 0.4) is 0 Å². The van der Waals surface area contributed by atoms with E-state index >= 15 is 0 Å². The predicted octanol–water partition coefficient (Wildman–Crippen LogP) is 5.63. The molecule has 0 aromatic heterocycles. The Morgan fingerprint density at radius 1 is 0.897 bits per heavy atom. The molecule has 222 valence electrons. The van der Waals surface area contributed by atoms with Crippen LogP contribution in [0.5, 0.6) is 0 Å². The highest BCUT2D eigenvalue weighted by Crippen LogP contribution is 2.21. The van der Waals surface area contributed by atoms with Crippen LogP contribution in [0, 0.1) is 0 Å². The number of ether oxygens (including phenoxy) is 2. The van der Waals surface area contributed by atoms with E-state index in [1.165, 1.54) is 38.5 Å². The van der Waals surface area contributed by atoms with E-state index in [1.54, 1.807) is 0 Å². The zero-order chi connectivity index (χ0) is 28.7. The van der Waals surface area contributed by atoms with Gasteiger partial charge in [-0.2, -0.15) is 0 Å². The quantitative estimate of drug-likeness (QED) is 0.0727. The zero-order valence-electron chi connectivity index (χ0n) is 23.6. The largest absolute Gasteiger partial charge is 0.505 e. The number of aliphatic hydroxyl groups is 3. The van der Waals surface area contributed by atoms with Gasteiger partial charge in [-0.1, -0.05) is 69.8 Å². The maximum absolute atomic E-state index is 11.9. The molecule has 0 saturated carbocycles. The highest BCUT2D eigenvalue weighted by molar-refractivity contribution is 5.89. The van der Waals surface area contributed by atoms with Crippen LogP contribution in [-0.4, -0.2) is 58.5 Å². The molecule has 1 heterocycles. The van der Waals surface area contributed by atoms with E-state index in [1.807, 2.05) is 0 Å². The summed E-state index contributed by atoms with van der Waals surface area (Å²) in [6.07, 6.45) is 21.6. The molecule has 0 bridgehead atoms. The molecule has 0 aliphatic carbocycles. The highest BCUT2D eigenvalue weighted by atomic mass is 16.6. The second-order valence-corrected chi connectivity index (χ2v) is 9.95. The van der Waals surface area contributed by atoms with Gasteiger partial charge in [0.25, 0.3) is 0 Å². The summed E-state index contributed by atoms with van der Waals surface area (Å²) in [6.45, 7) is 2.32. The molecule has 1 aliphatic heterocycles. The summed E-state index contributed by atoms with van der Waals surface area (Å²) in [5.41, 5.74) is 0. The molecule has 0 fully saturated rings. The number of hydrogen-bond donors (Lipinski definition) is 4. The average molecular weight is 552 g/mol. The fourth-order valence-corrected chi connectivity index (χ4v) is 4.05. The zero-order valence-corrected chi connectivity index (χ0v) is 23.6. The smallest absolute Gasteiger partial charge is 0.377 e. The lowest BCUT2D eigenvalue weighted by atomic mass is 10.1. The Morgan fingerprint density at radius 3 is 2.18 bits per heavy atom. The number of carbonyl (C=O) groups is 3. The van der Waals surface area contributed by atoms with Crippen molar-refractivity contribution in [1.29, 1.82) is 0 Å². The Bertz CT molecular complexity index is 805. The van der Waals surface area contributed by atoms with Crippen LogP contribution < -0.4 is 5.32 Å². The lowest BCUT2D eigenvalue weighted by Crippen LogP contribution is -2.33. The molecule has 1 rings (SSSR count). The van der Waals surface area contributed by atoms with Gasteiger partial charge in [-0.15, -0.1) is 0 Å². The van der Waals surface area contributed by atoms with Gasteiger partial charge in [0, 0.05) is 19.4 Å². The maximum atomic E-state index is 11.9. The van der Waals surface area contributed by atoms with Crippen molar-refractivity contribution in [2.75, 3.05) is 13.2 Å². The van der Waals surface area contributed by atoms with Crippen molar-refractivity contribution >= 4 is 17.8 Å². The Balaban J connectivity index is 1.89. The maximum Gasteiger partial charge on any atom is 0.377 e. The molecular weight excluding hydrogens is 502 g/mol. The SMILES string of the molecule is CCCCC/C=C\C/C=C\CCCCCCCC(=O)NCCCCCC(=O)OCC(O)C1OC(=O)C(O)=C1O. The van der Waals surface area contributed by atoms with Gasteiger partial charge in [0.2, 0.25) is 11.7 Å². The molecule has 0 saturated heterocycles. The highest BCUT2D eigenvalue weighted by Gasteiger charge is 2.39. The fraction of sp³-hybridized carbons (Fsp3) is 0.700. The number of hydrogen-bond acceptors (Lipinski definition) is 8. The Hall–Kier alpha value is -2.81. The van der Waals surface area contributed by atoms with Crippen LogP contribution in [0.15, 0.2) is 35.8 Å². The normalized spacial score (nSPS) is 16.3. The van der Waals surface area contributed by atoms with Gasteiger partial charge in [-0.3, -0.25) is 9.59 Å². The van der Waals surface area contributed by atoms with E-state index < -0.39 is 42.3 Å². The van der Waals surface area contributed by atoms with Gasteiger partial charge < -0.3 is 30.1 Å². The summed E-state index contributed by atoms with van der Waals surface area (Å²) >= 11 is 0. The molecule has 0 aromatic rings. The number of amides is 1. The number of aliphatic hydroxyl groups excluding tert-OH is 3. The van der Waals surface area contributed by atoms with Crippen LogP contribution in [-0.2, 0) is 23.9 Å². The molecule has 0 aromatic carbocycles. The Morgan fingerprint density at radius 2 is 1.51 bits per heavy atom. The fourth-order valence-electron chi connectivity index (χ4n) is 4.05. The Labute approximate surface area is 233 Å². The van der Waals surface area contributed by atoms with Crippen LogP contribution in [0.1, 0.15) is 110 Å². The van der Waals surface area contributed by atoms with E-state index in [0.717, 1.165) is 44.9 Å². The second kappa shape index (κ2) is 22.1. The summed E-state index contributed by atoms with van der Waals surface area (Å²) in [4.78, 5) is 34.9. The summed E-state index contributed by atoms with van der Waals surface area (Å²) in [5.74, 6) is -3.34. The van der Waals surface area contributed by atoms with Crippen molar-refractivity contribution in [1.82, 2.24) is 5.32 Å². The molecule has 4 N–H and O–H groups in total. The van der Waals surface area contributed by atoms with Crippen LogP contribution in [0.4, 0.5) is 0 Å². The standard InChI is InChI=1S/C30H49NO8/c1-2-3-4-5-6-7-8-9-10-11-12-13-14-15-17-20-25(33)31-22-19-16-18-21-26(34)38-23-24(32)29-27(35)28(36)30(37)39-29/h6-7,9-10,24,29,32,35-36H,2-5,8,11-23H2,1H3,(H,31,33)/b7-6-,10-9-. The first-order chi connectivity index (χ1) is 18.9. The van der Waals surface area contributed by atoms with Crippen LogP contribution in [0.25, 0.3) is 0 Å². The van der Waals surface area contributed by atoms with Gasteiger partial charge in [-0.25, -0.2) is 4.79 Å². The summed E-state index contributed by atoms with van der Waals surface area (Å²) in [6, 6.07) is 0. The minimum Gasteiger partial charge on any atom is -0.505 e. The number of unbranched alkanes of at least 4 members (excludes halogenated alkanes) is 10. The monoisotopic (exact) mass is 551 g/mol. The Kier molecular flexibility index (Phi) is 19.3. The number of rotatable bonds is 23. The first-order valence-electron chi connectivity index (χ1n) is 14.6. The van der Waals surface area contributed by atoms with Gasteiger partial charge in [0.1, 0.15) is 12.7 Å². The van der Waals surface area contributed by atoms with Crippen molar-refractivity contribution < 1.29 is 39.2 Å². The number of allylic oxidation sites excluding steroid dienone is 4.